The van der Waals surface area contributed by atoms with Gasteiger partial charge in [0, 0.05) is 24.1 Å². The number of hydrogen-bond donors (Lipinski definition) is 1. The third-order valence-electron chi connectivity index (χ3n) is 6.02. The van der Waals surface area contributed by atoms with Gasteiger partial charge in [-0.25, -0.2) is 0 Å². The zero-order valence-corrected chi connectivity index (χ0v) is 16.2. The van der Waals surface area contributed by atoms with Crippen molar-refractivity contribution in [2.75, 3.05) is 18.5 Å². The summed E-state index contributed by atoms with van der Waals surface area (Å²) in [6, 6.07) is 15.7. The van der Waals surface area contributed by atoms with Crippen LogP contribution in [-0.4, -0.2) is 30.4 Å². The summed E-state index contributed by atoms with van der Waals surface area (Å²) in [6.07, 6.45) is 4.09. The molecule has 1 spiro atoms. The molecule has 1 aliphatic carbocycles. The maximum absolute atomic E-state index is 12.8. The average molecular weight is 392 g/mol. The van der Waals surface area contributed by atoms with E-state index in [2.05, 4.69) is 22.6 Å². The van der Waals surface area contributed by atoms with E-state index in [-0.39, 0.29) is 17.4 Å². The Balaban J connectivity index is 1.18. The molecule has 0 radical (unpaired) electrons. The number of anilines is 1. The van der Waals surface area contributed by atoms with Crippen LogP contribution in [-0.2, 0) is 9.63 Å². The van der Waals surface area contributed by atoms with Crippen LogP contribution in [0.1, 0.15) is 37.7 Å². The monoisotopic (exact) mass is 392 g/mol. The van der Waals surface area contributed by atoms with Crippen LogP contribution in [0.3, 0.4) is 0 Å². The Hall–Kier alpha value is -3.02. The van der Waals surface area contributed by atoms with Crippen LogP contribution in [0.2, 0.25) is 0 Å². The molecule has 150 valence electrons. The zero-order valence-electron chi connectivity index (χ0n) is 16.2. The molecule has 1 saturated carbocycles. The molecule has 1 fully saturated rings. The lowest BCUT2D eigenvalue weighted by Crippen LogP contribution is -2.37. The second kappa shape index (κ2) is 7.43. The summed E-state index contributed by atoms with van der Waals surface area (Å²) in [4.78, 5) is 18.7. The second-order valence-corrected chi connectivity index (χ2v) is 7.98. The molecule has 0 saturated heterocycles. The minimum Gasteiger partial charge on any atom is -0.486 e. The highest BCUT2D eigenvalue weighted by Gasteiger charge is 2.44. The quantitative estimate of drug-likeness (QED) is 0.852. The molecule has 1 N–H and O–H groups in total. The Bertz CT molecular complexity index is 933. The zero-order chi connectivity index (χ0) is 19.7. The second-order valence-electron chi connectivity index (χ2n) is 7.98. The molecule has 0 atom stereocenters. The summed E-state index contributed by atoms with van der Waals surface area (Å²) in [5, 5.41) is 7.38. The van der Waals surface area contributed by atoms with Gasteiger partial charge in [-0.1, -0.05) is 35.5 Å². The summed E-state index contributed by atoms with van der Waals surface area (Å²) in [5.41, 5.74) is 2.61. The lowest BCUT2D eigenvalue weighted by Gasteiger charge is -2.34. The first-order valence-corrected chi connectivity index (χ1v) is 10.2. The van der Waals surface area contributed by atoms with E-state index in [0.717, 1.165) is 54.8 Å². The topological polar surface area (TPSA) is 69.2 Å². The van der Waals surface area contributed by atoms with Gasteiger partial charge in [-0.15, -0.1) is 0 Å². The largest absolute Gasteiger partial charge is 0.486 e. The first-order valence-electron chi connectivity index (χ1n) is 10.2. The van der Waals surface area contributed by atoms with Gasteiger partial charge in [-0.2, -0.15) is 0 Å². The van der Waals surface area contributed by atoms with Gasteiger partial charge in [0.15, 0.2) is 11.5 Å². The van der Waals surface area contributed by atoms with Crippen LogP contribution in [0.15, 0.2) is 53.7 Å². The first kappa shape index (κ1) is 18.0. The number of benzene rings is 2. The Morgan fingerprint density at radius 2 is 1.76 bits per heavy atom. The maximum Gasteiger partial charge on any atom is 0.227 e. The van der Waals surface area contributed by atoms with Crippen LogP contribution in [0.5, 0.6) is 11.5 Å². The standard InChI is InChI=1S/C23H24N2O4/c26-22(24-18-6-7-20-21(14-18)28-13-12-27-20)17-8-10-23(11-9-17)15-19(25-29-23)16-4-2-1-3-5-16/h1-7,14,17H,8-13,15H2,(H,24,26)/t17-,23-. The Labute approximate surface area is 169 Å². The molecule has 3 aliphatic rings. The molecule has 2 aromatic carbocycles. The number of nitrogens with zero attached hydrogens (tertiary/aromatic N) is 1. The average Bonchev–Trinajstić information content (AvgIpc) is 3.18. The number of rotatable bonds is 3. The fraction of sp³-hybridized carbons (Fsp3) is 0.391. The molecule has 2 heterocycles. The summed E-state index contributed by atoms with van der Waals surface area (Å²) in [5.74, 6) is 1.44. The third-order valence-corrected chi connectivity index (χ3v) is 6.02. The van der Waals surface area contributed by atoms with Crippen molar-refractivity contribution in [3.05, 3.63) is 54.1 Å². The number of carbonyl (C=O) groups excluding carboxylic acids is 1. The summed E-state index contributed by atoms with van der Waals surface area (Å²) < 4.78 is 11.1. The molecule has 2 aromatic rings. The molecule has 0 aromatic heterocycles. The molecule has 0 unspecified atom stereocenters. The van der Waals surface area contributed by atoms with Gasteiger partial charge in [0.1, 0.15) is 18.8 Å². The van der Waals surface area contributed by atoms with E-state index in [1.165, 1.54) is 0 Å². The number of carbonyl (C=O) groups is 1. The summed E-state index contributed by atoms with van der Waals surface area (Å²) >= 11 is 0. The van der Waals surface area contributed by atoms with E-state index in [0.29, 0.717) is 19.0 Å². The van der Waals surface area contributed by atoms with Gasteiger partial charge < -0.3 is 19.6 Å². The number of fused-ring (bicyclic) bond motifs is 1. The number of ether oxygens (including phenoxy) is 2. The van der Waals surface area contributed by atoms with Crippen LogP contribution < -0.4 is 14.8 Å². The maximum atomic E-state index is 12.8. The minimum atomic E-state index is -0.251. The van der Waals surface area contributed by atoms with E-state index >= 15 is 0 Å². The molecule has 6 heteroatoms. The Kier molecular flexibility index (Phi) is 4.62. The van der Waals surface area contributed by atoms with Crippen molar-refractivity contribution in [2.24, 2.45) is 11.1 Å². The van der Waals surface area contributed by atoms with Gasteiger partial charge in [0.2, 0.25) is 5.91 Å². The summed E-state index contributed by atoms with van der Waals surface area (Å²) in [7, 11) is 0. The van der Waals surface area contributed by atoms with Crippen molar-refractivity contribution >= 4 is 17.3 Å². The molecule has 2 aliphatic heterocycles. The Morgan fingerprint density at radius 3 is 2.55 bits per heavy atom. The van der Waals surface area contributed by atoms with Gasteiger partial charge in [-0.05, 0) is 43.4 Å². The van der Waals surface area contributed by atoms with E-state index in [1.54, 1.807) is 0 Å². The van der Waals surface area contributed by atoms with E-state index in [4.69, 9.17) is 14.3 Å². The smallest absolute Gasteiger partial charge is 0.227 e. The molecule has 5 rings (SSSR count). The molecule has 6 nitrogen and oxygen atoms in total. The molecular formula is C23H24N2O4. The molecule has 0 bridgehead atoms. The number of hydrogen-bond acceptors (Lipinski definition) is 5. The first-order chi connectivity index (χ1) is 14.2. The molecular weight excluding hydrogens is 368 g/mol. The van der Waals surface area contributed by atoms with Gasteiger partial charge in [-0.3, -0.25) is 4.79 Å². The lowest BCUT2D eigenvalue weighted by atomic mass is 9.76. The van der Waals surface area contributed by atoms with Crippen molar-refractivity contribution in [1.29, 1.82) is 0 Å². The van der Waals surface area contributed by atoms with Crippen LogP contribution in [0, 0.1) is 5.92 Å². The van der Waals surface area contributed by atoms with Crippen molar-refractivity contribution in [2.45, 2.75) is 37.7 Å². The van der Waals surface area contributed by atoms with E-state index < -0.39 is 0 Å². The number of nitrogens with one attached hydrogen (secondary N) is 1. The predicted octanol–water partition coefficient (Wildman–Crippen LogP) is 4.15. The number of oxime groups is 1. The highest BCUT2D eigenvalue weighted by atomic mass is 16.7. The normalized spacial score (nSPS) is 25.2. The Morgan fingerprint density at radius 1 is 1.00 bits per heavy atom. The molecule has 1 amide bonds. The van der Waals surface area contributed by atoms with Crippen molar-refractivity contribution in [3.63, 3.8) is 0 Å². The summed E-state index contributed by atoms with van der Waals surface area (Å²) in [6.45, 7) is 1.09. The van der Waals surface area contributed by atoms with Crippen LogP contribution in [0.4, 0.5) is 5.69 Å². The van der Waals surface area contributed by atoms with Crippen molar-refractivity contribution in [3.8, 4) is 11.5 Å². The van der Waals surface area contributed by atoms with E-state index in [9.17, 15) is 4.79 Å². The van der Waals surface area contributed by atoms with Crippen molar-refractivity contribution < 1.29 is 19.1 Å². The van der Waals surface area contributed by atoms with Crippen LogP contribution >= 0.6 is 0 Å². The third kappa shape index (κ3) is 3.67. The van der Waals surface area contributed by atoms with Crippen molar-refractivity contribution in [1.82, 2.24) is 0 Å². The SMILES string of the molecule is O=C(Nc1ccc2c(c1)OCCO2)[C@H]1CC[C@]2(CC1)CC(c1ccccc1)=NO2. The van der Waals surface area contributed by atoms with Gasteiger partial charge >= 0.3 is 0 Å². The predicted molar refractivity (Wildman–Crippen MR) is 109 cm³/mol. The number of amides is 1. The fourth-order valence-electron chi connectivity index (χ4n) is 4.35. The minimum absolute atomic E-state index is 0.0156. The fourth-order valence-corrected chi connectivity index (χ4v) is 4.35. The molecule has 29 heavy (non-hydrogen) atoms. The highest BCUT2D eigenvalue weighted by Crippen LogP contribution is 2.42. The van der Waals surface area contributed by atoms with Gasteiger partial charge in [0.25, 0.3) is 0 Å². The van der Waals surface area contributed by atoms with E-state index in [1.807, 2.05) is 36.4 Å². The van der Waals surface area contributed by atoms with Crippen LogP contribution in [0.25, 0.3) is 0 Å². The highest BCUT2D eigenvalue weighted by molar-refractivity contribution is 6.01. The van der Waals surface area contributed by atoms with Gasteiger partial charge in [0.05, 0.1) is 5.71 Å². The lowest BCUT2D eigenvalue weighted by molar-refractivity contribution is -0.123.